The predicted molar refractivity (Wildman–Crippen MR) is 52.7 cm³/mol. The lowest BCUT2D eigenvalue weighted by atomic mass is 10.1. The highest BCUT2D eigenvalue weighted by molar-refractivity contribution is 9.11. The number of thiophene rings is 1. The Kier molecular flexibility index (Phi) is 3.78. The van der Waals surface area contributed by atoms with Gasteiger partial charge in [0.2, 0.25) is 0 Å². The van der Waals surface area contributed by atoms with Gasteiger partial charge in [-0.05, 0) is 34.5 Å². The van der Waals surface area contributed by atoms with Crippen molar-refractivity contribution in [1.82, 2.24) is 0 Å². The van der Waals surface area contributed by atoms with E-state index in [9.17, 15) is 17.6 Å². The van der Waals surface area contributed by atoms with Crippen molar-refractivity contribution in [2.45, 2.75) is 25.4 Å². The third-order valence-electron chi connectivity index (χ3n) is 1.80. The second-order valence-electron chi connectivity index (χ2n) is 2.98. The maximum absolute atomic E-state index is 12.8. The predicted octanol–water partition coefficient (Wildman–Crippen LogP) is 3.75. The fourth-order valence-corrected chi connectivity index (χ4v) is 2.53. The molecule has 1 N–H and O–H groups in total. The van der Waals surface area contributed by atoms with Crippen LogP contribution in [-0.2, 0) is 0 Å². The number of aliphatic hydroxyl groups excluding tert-OH is 1. The van der Waals surface area contributed by atoms with Gasteiger partial charge in [0.05, 0.1) is 3.79 Å². The van der Waals surface area contributed by atoms with Crippen LogP contribution in [0.3, 0.4) is 0 Å². The van der Waals surface area contributed by atoms with Crippen molar-refractivity contribution >= 4 is 27.3 Å². The summed E-state index contributed by atoms with van der Waals surface area (Å²) in [6, 6.07) is 1.26. The Labute approximate surface area is 95.9 Å². The van der Waals surface area contributed by atoms with Crippen LogP contribution in [0.2, 0.25) is 0 Å². The van der Waals surface area contributed by atoms with Crippen molar-refractivity contribution in [3.63, 3.8) is 0 Å². The van der Waals surface area contributed by atoms with E-state index in [-0.39, 0.29) is 4.88 Å². The van der Waals surface area contributed by atoms with Crippen LogP contribution in [0.1, 0.15) is 16.5 Å². The second kappa shape index (κ2) is 4.39. The summed E-state index contributed by atoms with van der Waals surface area (Å²) in [5.74, 6) is -4.42. The summed E-state index contributed by atoms with van der Waals surface area (Å²) in [4.78, 5) is -0.176. The quantitative estimate of drug-likeness (QED) is 0.843. The van der Waals surface area contributed by atoms with Crippen LogP contribution in [0, 0.1) is 6.92 Å². The van der Waals surface area contributed by atoms with Crippen LogP contribution in [-0.4, -0.2) is 17.5 Å². The van der Waals surface area contributed by atoms with E-state index in [0.29, 0.717) is 9.35 Å². The summed E-state index contributed by atoms with van der Waals surface area (Å²) in [7, 11) is 0. The molecule has 15 heavy (non-hydrogen) atoms. The number of hydrogen-bond acceptors (Lipinski definition) is 2. The van der Waals surface area contributed by atoms with E-state index in [2.05, 4.69) is 15.9 Å². The number of aryl methyl sites for hydroxylation is 1. The summed E-state index contributed by atoms with van der Waals surface area (Å²) in [6.07, 6.45) is -6.35. The van der Waals surface area contributed by atoms with Gasteiger partial charge >= 0.3 is 12.3 Å². The summed E-state index contributed by atoms with van der Waals surface area (Å²) >= 11 is 3.88. The van der Waals surface area contributed by atoms with Gasteiger partial charge in [-0.25, -0.2) is 8.78 Å². The Morgan fingerprint density at radius 3 is 2.33 bits per heavy atom. The van der Waals surface area contributed by atoms with Gasteiger partial charge in [0.25, 0.3) is 0 Å². The molecule has 0 fully saturated rings. The minimum Gasteiger partial charge on any atom is -0.381 e. The van der Waals surface area contributed by atoms with E-state index in [0.717, 1.165) is 11.3 Å². The molecule has 0 aliphatic rings. The third kappa shape index (κ3) is 2.51. The molecule has 0 aliphatic carbocycles. The van der Waals surface area contributed by atoms with Gasteiger partial charge in [-0.15, -0.1) is 11.3 Å². The maximum atomic E-state index is 12.8. The minimum atomic E-state index is -4.42. The van der Waals surface area contributed by atoms with E-state index in [1.807, 2.05) is 0 Å². The maximum Gasteiger partial charge on any atom is 0.337 e. The van der Waals surface area contributed by atoms with Crippen LogP contribution in [0.15, 0.2) is 9.85 Å². The van der Waals surface area contributed by atoms with Gasteiger partial charge in [-0.2, -0.15) is 8.78 Å². The molecule has 1 atom stereocenters. The molecule has 1 rings (SSSR count). The molecule has 0 aromatic carbocycles. The molecule has 0 amide bonds. The molecule has 0 radical (unpaired) electrons. The van der Waals surface area contributed by atoms with Crippen LogP contribution in [0.25, 0.3) is 0 Å². The lowest BCUT2D eigenvalue weighted by molar-refractivity contribution is -0.192. The van der Waals surface area contributed by atoms with E-state index < -0.39 is 18.5 Å². The van der Waals surface area contributed by atoms with E-state index in [1.165, 1.54) is 6.07 Å². The van der Waals surface area contributed by atoms with Crippen molar-refractivity contribution < 1.29 is 22.7 Å². The van der Waals surface area contributed by atoms with Crippen molar-refractivity contribution in [2.75, 3.05) is 0 Å². The first kappa shape index (κ1) is 12.9. The molecule has 86 valence electrons. The molecule has 7 heteroatoms. The average molecular weight is 307 g/mol. The Bertz CT molecular complexity index is 333. The molecular weight excluding hydrogens is 300 g/mol. The molecular formula is C8H7BrF4OS. The Hall–Kier alpha value is -0.140. The second-order valence-corrected chi connectivity index (χ2v) is 5.38. The molecule has 0 saturated heterocycles. The van der Waals surface area contributed by atoms with E-state index in [1.54, 1.807) is 6.92 Å². The topological polar surface area (TPSA) is 20.2 Å². The van der Waals surface area contributed by atoms with Gasteiger partial charge in [0.1, 0.15) is 0 Å². The zero-order valence-electron chi connectivity index (χ0n) is 7.48. The number of rotatable bonds is 3. The van der Waals surface area contributed by atoms with Gasteiger partial charge in [-0.3, -0.25) is 0 Å². The SMILES string of the molecule is Cc1cc(C(O)C(F)(F)C(F)F)sc1Br. The summed E-state index contributed by atoms with van der Waals surface area (Å²) in [5, 5.41) is 9.12. The number of aliphatic hydroxyl groups is 1. The molecule has 0 saturated carbocycles. The summed E-state index contributed by atoms with van der Waals surface area (Å²) in [6.45, 7) is 1.62. The van der Waals surface area contributed by atoms with Crippen molar-refractivity contribution in [2.24, 2.45) is 0 Å². The number of alkyl halides is 4. The number of halogens is 5. The Morgan fingerprint density at radius 2 is 2.00 bits per heavy atom. The highest BCUT2D eigenvalue weighted by Gasteiger charge is 2.49. The molecule has 1 aromatic heterocycles. The van der Waals surface area contributed by atoms with Gasteiger partial charge < -0.3 is 5.11 Å². The first-order chi connectivity index (χ1) is 6.76. The van der Waals surface area contributed by atoms with Crippen molar-refractivity contribution in [3.8, 4) is 0 Å². The first-order valence-corrected chi connectivity index (χ1v) is 5.47. The van der Waals surface area contributed by atoms with E-state index in [4.69, 9.17) is 5.11 Å². The fraction of sp³-hybridized carbons (Fsp3) is 0.500. The van der Waals surface area contributed by atoms with Gasteiger partial charge in [0, 0.05) is 4.88 Å². The molecule has 0 aliphatic heterocycles. The highest BCUT2D eigenvalue weighted by Crippen LogP contribution is 2.41. The fourth-order valence-electron chi connectivity index (χ4n) is 0.927. The summed E-state index contributed by atoms with van der Waals surface area (Å²) in [5.41, 5.74) is 0.624. The summed E-state index contributed by atoms with van der Waals surface area (Å²) < 4.78 is 49.9. The van der Waals surface area contributed by atoms with E-state index >= 15 is 0 Å². The Balaban J connectivity index is 2.99. The molecule has 1 nitrogen and oxygen atoms in total. The lowest BCUT2D eigenvalue weighted by Gasteiger charge is -2.20. The minimum absolute atomic E-state index is 0.176. The molecule has 1 aromatic rings. The van der Waals surface area contributed by atoms with Crippen LogP contribution in [0.4, 0.5) is 17.6 Å². The van der Waals surface area contributed by atoms with Gasteiger partial charge in [-0.1, -0.05) is 0 Å². The normalized spacial score (nSPS) is 14.7. The van der Waals surface area contributed by atoms with Crippen LogP contribution < -0.4 is 0 Å². The van der Waals surface area contributed by atoms with Crippen LogP contribution in [0.5, 0.6) is 0 Å². The average Bonchev–Trinajstić information content (AvgIpc) is 2.45. The largest absolute Gasteiger partial charge is 0.381 e. The molecule has 0 bridgehead atoms. The third-order valence-corrected chi connectivity index (χ3v) is 3.99. The van der Waals surface area contributed by atoms with Crippen molar-refractivity contribution in [3.05, 3.63) is 20.3 Å². The van der Waals surface area contributed by atoms with Crippen molar-refractivity contribution in [1.29, 1.82) is 0 Å². The highest BCUT2D eigenvalue weighted by atomic mass is 79.9. The van der Waals surface area contributed by atoms with Crippen LogP contribution >= 0.6 is 27.3 Å². The molecule has 0 spiro atoms. The lowest BCUT2D eigenvalue weighted by Crippen LogP contribution is -2.33. The van der Waals surface area contributed by atoms with Gasteiger partial charge in [0.15, 0.2) is 6.10 Å². The standard InChI is InChI=1S/C8H7BrF4OS/c1-3-2-4(15-6(3)9)5(14)8(12,13)7(10)11/h2,5,7,14H,1H3. The monoisotopic (exact) mass is 306 g/mol. The zero-order valence-corrected chi connectivity index (χ0v) is 9.88. The smallest absolute Gasteiger partial charge is 0.337 e. The molecule has 1 unspecified atom stereocenters. The Morgan fingerprint density at radius 1 is 1.47 bits per heavy atom. The zero-order chi connectivity index (χ0) is 11.8. The molecule has 1 heterocycles. The first-order valence-electron chi connectivity index (χ1n) is 3.86. The number of hydrogen-bond donors (Lipinski definition) is 1.